The van der Waals surface area contributed by atoms with Crippen LogP contribution in [0.2, 0.25) is 0 Å². The van der Waals surface area contributed by atoms with E-state index in [-0.39, 0.29) is 10.5 Å². The molecule has 0 unspecified atom stereocenters. The summed E-state index contributed by atoms with van der Waals surface area (Å²) in [6.45, 7) is 3.28. The lowest BCUT2D eigenvalue weighted by Gasteiger charge is -2.31. The highest BCUT2D eigenvalue weighted by atomic mass is 32.2. The maximum atomic E-state index is 12.6. The lowest BCUT2D eigenvalue weighted by Crippen LogP contribution is -2.38. The summed E-state index contributed by atoms with van der Waals surface area (Å²) in [5.41, 5.74) is 0.225. The molecule has 0 aliphatic carbocycles. The van der Waals surface area contributed by atoms with E-state index in [1.54, 1.807) is 18.2 Å². The molecule has 0 aromatic heterocycles. The largest absolute Gasteiger partial charge is 0.244 e. The van der Waals surface area contributed by atoms with Gasteiger partial charge in [0.2, 0.25) is 10.0 Å². The van der Waals surface area contributed by atoms with Gasteiger partial charge in [-0.15, -0.1) is 0 Å². The van der Waals surface area contributed by atoms with E-state index in [4.69, 9.17) is 5.26 Å². The van der Waals surface area contributed by atoms with Crippen LogP contribution < -0.4 is 0 Å². The molecule has 0 atom stereocenters. The molecule has 1 aliphatic rings. The summed E-state index contributed by atoms with van der Waals surface area (Å²) in [7, 11) is -3.53. The maximum Gasteiger partial charge on any atom is 0.244 e. The topological polar surface area (TPSA) is 61.2 Å². The Labute approximate surface area is 121 Å². The lowest BCUT2D eigenvalue weighted by molar-refractivity contribution is 0.262. The summed E-state index contributed by atoms with van der Waals surface area (Å²) < 4.78 is 26.7. The molecule has 2 rings (SSSR count). The standard InChI is InChI=1S/C15H20N2O2S/c1-2-5-13-8-10-17(11-9-13)20(18,19)15-7-4-3-6-14(15)12-16/h3-4,6-7,13H,2,5,8-11H2,1H3. The van der Waals surface area contributed by atoms with E-state index >= 15 is 0 Å². The van der Waals surface area contributed by atoms with Crippen molar-refractivity contribution in [3.05, 3.63) is 29.8 Å². The third-order valence-corrected chi connectivity index (χ3v) is 5.85. The highest BCUT2D eigenvalue weighted by Gasteiger charge is 2.30. The zero-order chi connectivity index (χ0) is 14.6. The molecule has 1 aliphatic heterocycles. The predicted molar refractivity (Wildman–Crippen MR) is 77.5 cm³/mol. The van der Waals surface area contributed by atoms with E-state index < -0.39 is 10.0 Å². The van der Waals surface area contributed by atoms with Crippen molar-refractivity contribution in [2.24, 2.45) is 5.92 Å². The van der Waals surface area contributed by atoms with Crippen LogP contribution in [-0.4, -0.2) is 25.8 Å². The predicted octanol–water partition coefficient (Wildman–Crippen LogP) is 2.76. The number of nitriles is 1. The van der Waals surface area contributed by atoms with Crippen molar-refractivity contribution in [2.45, 2.75) is 37.5 Å². The Hall–Kier alpha value is -1.38. The van der Waals surface area contributed by atoms with Crippen LogP contribution in [0.4, 0.5) is 0 Å². The Morgan fingerprint density at radius 3 is 2.55 bits per heavy atom. The number of sulfonamides is 1. The third-order valence-electron chi connectivity index (χ3n) is 3.90. The van der Waals surface area contributed by atoms with Gasteiger partial charge >= 0.3 is 0 Å². The van der Waals surface area contributed by atoms with Crippen LogP contribution in [0.1, 0.15) is 38.2 Å². The highest BCUT2D eigenvalue weighted by Crippen LogP contribution is 2.27. The van der Waals surface area contributed by atoms with Crippen LogP contribution in [0.5, 0.6) is 0 Å². The molecule has 0 amide bonds. The minimum Gasteiger partial charge on any atom is -0.207 e. The molecule has 5 heteroatoms. The molecular weight excluding hydrogens is 272 g/mol. The zero-order valence-corrected chi connectivity index (χ0v) is 12.6. The van der Waals surface area contributed by atoms with Crippen molar-refractivity contribution >= 4 is 10.0 Å². The van der Waals surface area contributed by atoms with Gasteiger partial charge in [0, 0.05) is 13.1 Å². The fourth-order valence-corrected chi connectivity index (χ4v) is 4.38. The summed E-state index contributed by atoms with van der Waals surface area (Å²) in [5, 5.41) is 9.06. The molecule has 108 valence electrons. The van der Waals surface area contributed by atoms with Gasteiger partial charge in [-0.3, -0.25) is 0 Å². The van der Waals surface area contributed by atoms with Gasteiger partial charge in [-0.05, 0) is 30.9 Å². The molecule has 0 N–H and O–H groups in total. The second-order valence-corrected chi connectivity index (χ2v) is 7.15. The van der Waals surface area contributed by atoms with Gasteiger partial charge in [0.15, 0.2) is 0 Å². The molecule has 4 nitrogen and oxygen atoms in total. The van der Waals surface area contributed by atoms with Crippen molar-refractivity contribution < 1.29 is 8.42 Å². The van der Waals surface area contributed by atoms with E-state index in [0.29, 0.717) is 19.0 Å². The summed E-state index contributed by atoms with van der Waals surface area (Å²) in [6.07, 6.45) is 4.15. The molecule has 1 saturated heterocycles. The SMILES string of the molecule is CCCC1CCN(S(=O)(=O)c2ccccc2C#N)CC1. The van der Waals surface area contributed by atoms with Crippen LogP contribution >= 0.6 is 0 Å². The fraction of sp³-hybridized carbons (Fsp3) is 0.533. The van der Waals surface area contributed by atoms with E-state index in [1.807, 2.05) is 6.07 Å². The van der Waals surface area contributed by atoms with Gasteiger partial charge in [0.25, 0.3) is 0 Å². The number of benzene rings is 1. The van der Waals surface area contributed by atoms with Crippen molar-refractivity contribution in [3.63, 3.8) is 0 Å². The first kappa shape index (κ1) is 15.0. The number of nitrogens with zero attached hydrogens (tertiary/aromatic N) is 2. The molecule has 1 aromatic rings. The average Bonchev–Trinajstić information content (AvgIpc) is 2.48. The van der Waals surface area contributed by atoms with Gasteiger partial charge in [-0.25, -0.2) is 8.42 Å². The van der Waals surface area contributed by atoms with E-state index in [2.05, 4.69) is 6.92 Å². The first-order chi connectivity index (χ1) is 9.59. The number of piperidine rings is 1. The Balaban J connectivity index is 2.18. The Kier molecular flexibility index (Phi) is 4.79. The van der Waals surface area contributed by atoms with E-state index in [1.165, 1.54) is 16.8 Å². The average molecular weight is 292 g/mol. The molecule has 1 aromatic carbocycles. The highest BCUT2D eigenvalue weighted by molar-refractivity contribution is 7.89. The van der Waals surface area contributed by atoms with Crippen LogP contribution in [0.25, 0.3) is 0 Å². The normalized spacial score (nSPS) is 17.8. The zero-order valence-electron chi connectivity index (χ0n) is 11.7. The first-order valence-electron chi connectivity index (χ1n) is 7.09. The smallest absolute Gasteiger partial charge is 0.207 e. The van der Waals surface area contributed by atoms with E-state index in [0.717, 1.165) is 19.3 Å². The van der Waals surface area contributed by atoms with Gasteiger partial charge in [0.1, 0.15) is 6.07 Å². The molecule has 1 heterocycles. The van der Waals surface area contributed by atoms with Crippen molar-refractivity contribution in [2.75, 3.05) is 13.1 Å². The van der Waals surface area contributed by atoms with Crippen molar-refractivity contribution in [3.8, 4) is 6.07 Å². The summed E-state index contributed by atoms with van der Waals surface area (Å²) in [4.78, 5) is 0.136. The van der Waals surface area contributed by atoms with Crippen molar-refractivity contribution in [1.29, 1.82) is 5.26 Å². The number of rotatable bonds is 4. The third kappa shape index (κ3) is 3.02. The Morgan fingerprint density at radius 1 is 1.30 bits per heavy atom. The summed E-state index contributed by atoms with van der Waals surface area (Å²) in [6, 6.07) is 8.39. The van der Waals surface area contributed by atoms with Crippen LogP contribution in [0, 0.1) is 17.2 Å². The molecule has 0 spiro atoms. The van der Waals surface area contributed by atoms with Gasteiger partial charge in [-0.1, -0.05) is 31.9 Å². The van der Waals surface area contributed by atoms with Crippen LogP contribution in [0.3, 0.4) is 0 Å². The van der Waals surface area contributed by atoms with Gasteiger partial charge in [0.05, 0.1) is 10.5 Å². The summed E-state index contributed by atoms with van der Waals surface area (Å²) in [5.74, 6) is 0.637. The molecule has 0 bridgehead atoms. The lowest BCUT2D eigenvalue weighted by atomic mass is 9.94. The molecular formula is C15H20N2O2S. The number of hydrogen-bond donors (Lipinski definition) is 0. The monoisotopic (exact) mass is 292 g/mol. The molecule has 0 saturated carbocycles. The maximum absolute atomic E-state index is 12.6. The van der Waals surface area contributed by atoms with Gasteiger partial charge < -0.3 is 0 Å². The van der Waals surface area contributed by atoms with Crippen molar-refractivity contribution in [1.82, 2.24) is 4.31 Å². The molecule has 1 fully saturated rings. The molecule has 20 heavy (non-hydrogen) atoms. The van der Waals surface area contributed by atoms with E-state index in [9.17, 15) is 8.42 Å². The van der Waals surface area contributed by atoms with Crippen LogP contribution in [-0.2, 0) is 10.0 Å². The van der Waals surface area contributed by atoms with Crippen LogP contribution in [0.15, 0.2) is 29.2 Å². The second-order valence-electron chi connectivity index (χ2n) is 5.24. The minimum atomic E-state index is -3.53. The quantitative estimate of drug-likeness (QED) is 0.857. The Morgan fingerprint density at radius 2 is 1.95 bits per heavy atom. The fourth-order valence-electron chi connectivity index (χ4n) is 2.77. The number of hydrogen-bond acceptors (Lipinski definition) is 3. The minimum absolute atomic E-state index is 0.136. The first-order valence-corrected chi connectivity index (χ1v) is 8.53. The Bertz CT molecular complexity index is 597. The van der Waals surface area contributed by atoms with Gasteiger partial charge in [-0.2, -0.15) is 9.57 Å². The molecule has 0 radical (unpaired) electrons. The summed E-state index contributed by atoms with van der Waals surface area (Å²) >= 11 is 0. The second kappa shape index (κ2) is 6.38.